The fraction of sp³-hybridized carbons (Fsp3) is 0.263. The van der Waals surface area contributed by atoms with Gasteiger partial charge in [0, 0.05) is 18.7 Å². The first-order chi connectivity index (χ1) is 13.3. The van der Waals surface area contributed by atoms with E-state index in [0.717, 1.165) is 0 Å². The molecule has 0 aliphatic rings. The van der Waals surface area contributed by atoms with Gasteiger partial charge in [0.25, 0.3) is 5.91 Å². The van der Waals surface area contributed by atoms with Crippen LogP contribution in [0.25, 0.3) is 0 Å². The molecule has 158 valence electrons. The minimum Gasteiger partial charge on any atom is -0.406 e. The zero-order valence-corrected chi connectivity index (χ0v) is 17.7. The average molecular weight is 522 g/mol. The minimum absolute atomic E-state index is 0. The molecule has 4 N–H and O–H groups in total. The summed E-state index contributed by atoms with van der Waals surface area (Å²) in [5, 5.41) is 5.71. The molecule has 0 saturated heterocycles. The predicted octanol–water partition coefficient (Wildman–Crippen LogP) is 3.43. The lowest BCUT2D eigenvalue weighted by Gasteiger charge is -2.09. The second-order valence-corrected chi connectivity index (χ2v) is 5.80. The van der Waals surface area contributed by atoms with Crippen LogP contribution in [-0.2, 0) is 6.54 Å². The van der Waals surface area contributed by atoms with Crippen molar-refractivity contribution in [2.45, 2.75) is 19.3 Å². The molecule has 0 aromatic heterocycles. The molecule has 0 bridgehead atoms. The summed E-state index contributed by atoms with van der Waals surface area (Å²) in [5.41, 5.74) is 7.04. The molecule has 0 aliphatic heterocycles. The van der Waals surface area contributed by atoms with E-state index in [1.54, 1.807) is 24.3 Å². The van der Waals surface area contributed by atoms with Crippen LogP contribution in [0.2, 0.25) is 0 Å². The zero-order chi connectivity index (χ0) is 20.4. The Morgan fingerprint density at radius 3 is 2.24 bits per heavy atom. The molecule has 29 heavy (non-hydrogen) atoms. The molecule has 10 heteroatoms. The maximum Gasteiger partial charge on any atom is 0.573 e. The zero-order valence-electron chi connectivity index (χ0n) is 15.4. The number of rotatable bonds is 8. The first kappa shape index (κ1) is 24.5. The number of hydrogen-bond acceptors (Lipinski definition) is 3. The van der Waals surface area contributed by atoms with Crippen molar-refractivity contribution in [2.75, 3.05) is 13.1 Å². The molecule has 2 rings (SSSR count). The van der Waals surface area contributed by atoms with Crippen molar-refractivity contribution in [1.29, 1.82) is 0 Å². The van der Waals surface area contributed by atoms with Gasteiger partial charge in [0.1, 0.15) is 5.75 Å². The van der Waals surface area contributed by atoms with E-state index in [1.165, 1.54) is 24.3 Å². The Bertz CT molecular complexity index is 784. The van der Waals surface area contributed by atoms with Gasteiger partial charge in [-0.2, -0.15) is 0 Å². The summed E-state index contributed by atoms with van der Waals surface area (Å²) in [7, 11) is 0. The lowest BCUT2D eigenvalue weighted by molar-refractivity contribution is -0.274. The van der Waals surface area contributed by atoms with Crippen LogP contribution in [0.4, 0.5) is 13.2 Å². The number of nitrogens with one attached hydrogen (secondary N) is 2. The largest absolute Gasteiger partial charge is 0.573 e. The topological polar surface area (TPSA) is 88.7 Å². The standard InChI is InChI=1S/C19H21F3N4O2.HI/c20-19(21,22)28-16-9-7-14(8-10-16)13-26-18(23)25-12-4-11-24-17(27)15-5-2-1-3-6-15;/h1-3,5-10H,4,11-13H2,(H,24,27)(H3,23,25,26);1H. The van der Waals surface area contributed by atoms with Crippen LogP contribution < -0.4 is 21.1 Å². The van der Waals surface area contributed by atoms with Gasteiger partial charge in [0.2, 0.25) is 0 Å². The van der Waals surface area contributed by atoms with Crippen molar-refractivity contribution >= 4 is 35.8 Å². The lowest BCUT2D eigenvalue weighted by Crippen LogP contribution is -2.34. The highest BCUT2D eigenvalue weighted by Gasteiger charge is 2.30. The third kappa shape index (κ3) is 10.0. The predicted molar refractivity (Wildman–Crippen MR) is 115 cm³/mol. The summed E-state index contributed by atoms with van der Waals surface area (Å²) in [6, 6.07) is 14.3. The van der Waals surface area contributed by atoms with Crippen LogP contribution in [0.1, 0.15) is 22.3 Å². The van der Waals surface area contributed by atoms with Crippen LogP contribution in [0.3, 0.4) is 0 Å². The fourth-order valence-corrected chi connectivity index (χ4v) is 2.23. The molecule has 0 fully saturated rings. The number of hydrogen-bond donors (Lipinski definition) is 3. The van der Waals surface area contributed by atoms with E-state index >= 15 is 0 Å². The van der Waals surface area contributed by atoms with Crippen molar-refractivity contribution in [3.05, 3.63) is 65.7 Å². The third-order valence-electron chi connectivity index (χ3n) is 3.57. The number of aliphatic imine (C=N–C) groups is 1. The maximum atomic E-state index is 12.1. The molecule has 0 atom stereocenters. The molecule has 0 spiro atoms. The summed E-state index contributed by atoms with van der Waals surface area (Å²) < 4.78 is 40.1. The smallest absolute Gasteiger partial charge is 0.406 e. The number of carbonyl (C=O) groups excluding carboxylic acids is 1. The summed E-state index contributed by atoms with van der Waals surface area (Å²) in [6.07, 6.45) is -4.06. The molecule has 2 aromatic rings. The van der Waals surface area contributed by atoms with E-state index < -0.39 is 6.36 Å². The monoisotopic (exact) mass is 522 g/mol. The van der Waals surface area contributed by atoms with E-state index in [0.29, 0.717) is 30.6 Å². The molecule has 2 aromatic carbocycles. The second kappa shape index (κ2) is 12.1. The van der Waals surface area contributed by atoms with Crippen molar-refractivity contribution < 1.29 is 22.7 Å². The highest BCUT2D eigenvalue weighted by Crippen LogP contribution is 2.22. The molecule has 6 nitrogen and oxygen atoms in total. The van der Waals surface area contributed by atoms with Crippen molar-refractivity contribution in [3.8, 4) is 5.75 Å². The first-order valence-electron chi connectivity index (χ1n) is 8.55. The van der Waals surface area contributed by atoms with Gasteiger partial charge in [-0.25, -0.2) is 4.99 Å². The molecule has 0 saturated carbocycles. The Morgan fingerprint density at radius 1 is 1.00 bits per heavy atom. The molecule has 0 unspecified atom stereocenters. The van der Waals surface area contributed by atoms with Gasteiger partial charge in [-0.05, 0) is 36.2 Å². The summed E-state index contributed by atoms with van der Waals surface area (Å²) in [4.78, 5) is 16.0. The van der Waals surface area contributed by atoms with E-state index in [2.05, 4.69) is 20.4 Å². The number of alkyl halides is 3. The van der Waals surface area contributed by atoms with Crippen molar-refractivity contribution in [2.24, 2.45) is 10.7 Å². The van der Waals surface area contributed by atoms with E-state index in [9.17, 15) is 18.0 Å². The number of guanidine groups is 1. The Hall–Kier alpha value is -2.50. The molecule has 0 aliphatic carbocycles. The van der Waals surface area contributed by atoms with Gasteiger partial charge in [-0.3, -0.25) is 4.79 Å². The van der Waals surface area contributed by atoms with Crippen LogP contribution >= 0.6 is 24.0 Å². The Morgan fingerprint density at radius 2 is 1.62 bits per heavy atom. The second-order valence-electron chi connectivity index (χ2n) is 5.80. The molecule has 0 heterocycles. The maximum absolute atomic E-state index is 12.1. The van der Waals surface area contributed by atoms with Crippen molar-refractivity contribution in [1.82, 2.24) is 10.6 Å². The van der Waals surface area contributed by atoms with Gasteiger partial charge < -0.3 is 21.1 Å². The van der Waals surface area contributed by atoms with E-state index in [4.69, 9.17) is 5.73 Å². The number of benzene rings is 2. The highest BCUT2D eigenvalue weighted by molar-refractivity contribution is 14.0. The quantitative estimate of drug-likeness (QED) is 0.215. The van der Waals surface area contributed by atoms with Crippen molar-refractivity contribution in [3.63, 3.8) is 0 Å². The van der Waals surface area contributed by atoms with E-state index in [-0.39, 0.29) is 48.1 Å². The van der Waals surface area contributed by atoms with Crippen LogP contribution in [0.15, 0.2) is 59.6 Å². The first-order valence-corrected chi connectivity index (χ1v) is 8.55. The Balaban J connectivity index is 0.00000420. The molecular weight excluding hydrogens is 500 g/mol. The summed E-state index contributed by atoms with van der Waals surface area (Å²) in [6.45, 7) is 1.22. The van der Waals surface area contributed by atoms with Gasteiger partial charge in [0.05, 0.1) is 6.54 Å². The Kier molecular flexibility index (Phi) is 10.3. The summed E-state index contributed by atoms with van der Waals surface area (Å²) in [5.74, 6) is -0.214. The van der Waals surface area contributed by atoms with Crippen LogP contribution in [-0.4, -0.2) is 31.3 Å². The fourth-order valence-electron chi connectivity index (χ4n) is 2.23. The van der Waals surface area contributed by atoms with Gasteiger partial charge in [-0.15, -0.1) is 37.1 Å². The Labute approximate surface area is 183 Å². The van der Waals surface area contributed by atoms with E-state index in [1.807, 2.05) is 6.07 Å². The SMILES string of the molecule is I.NC(=NCc1ccc(OC(F)(F)F)cc1)NCCCNC(=O)c1ccccc1. The minimum atomic E-state index is -4.71. The highest BCUT2D eigenvalue weighted by atomic mass is 127. The number of nitrogens with zero attached hydrogens (tertiary/aromatic N) is 1. The average Bonchev–Trinajstić information content (AvgIpc) is 2.66. The van der Waals surface area contributed by atoms with Gasteiger partial charge >= 0.3 is 6.36 Å². The normalized spacial score (nSPS) is 11.3. The van der Waals surface area contributed by atoms with Gasteiger partial charge in [-0.1, -0.05) is 30.3 Å². The molecule has 1 amide bonds. The summed E-state index contributed by atoms with van der Waals surface area (Å²) >= 11 is 0. The number of nitrogens with two attached hydrogens (primary N) is 1. The third-order valence-corrected chi connectivity index (χ3v) is 3.57. The number of amides is 1. The van der Waals surface area contributed by atoms with Crippen LogP contribution in [0.5, 0.6) is 5.75 Å². The molecule has 0 radical (unpaired) electrons. The number of ether oxygens (including phenoxy) is 1. The number of halogens is 4. The number of carbonyl (C=O) groups is 1. The van der Waals surface area contributed by atoms with Crippen LogP contribution in [0, 0.1) is 0 Å². The molecular formula is C19H22F3IN4O2. The lowest BCUT2D eigenvalue weighted by atomic mass is 10.2. The van der Waals surface area contributed by atoms with Gasteiger partial charge in [0.15, 0.2) is 5.96 Å².